The second kappa shape index (κ2) is 7.09. The fourth-order valence-corrected chi connectivity index (χ4v) is 2.39. The third-order valence-corrected chi connectivity index (χ3v) is 3.45. The first-order valence-electron chi connectivity index (χ1n) is 7.44. The predicted octanol–water partition coefficient (Wildman–Crippen LogP) is 3.29. The van der Waals surface area contributed by atoms with Crippen LogP contribution in [0.1, 0.15) is 33.2 Å². The number of likely N-dealkylation sites (N-methyl/N-ethyl adjacent to an activating group) is 1. The van der Waals surface area contributed by atoms with Gasteiger partial charge in [0.15, 0.2) is 0 Å². The topological polar surface area (TPSA) is 46.6 Å². The van der Waals surface area contributed by atoms with Gasteiger partial charge in [-0.1, -0.05) is 47.5 Å². The lowest BCUT2D eigenvalue weighted by Gasteiger charge is -2.21. The van der Waals surface area contributed by atoms with E-state index >= 15 is 0 Å². The van der Waals surface area contributed by atoms with E-state index in [1.807, 2.05) is 38.1 Å². The summed E-state index contributed by atoms with van der Waals surface area (Å²) in [4.78, 5) is 26.3. The molecule has 0 N–H and O–H groups in total. The molecule has 2 aromatic carbocycles. The Hall–Kier alpha value is -2.62. The number of nitrogens with zero attached hydrogens (tertiary/aromatic N) is 1. The lowest BCUT2D eigenvalue weighted by atomic mass is 10.1. The Morgan fingerprint density at radius 2 is 1.52 bits per heavy atom. The van der Waals surface area contributed by atoms with Crippen LogP contribution in [0.15, 0.2) is 48.5 Å². The number of esters is 1. The van der Waals surface area contributed by atoms with Crippen molar-refractivity contribution in [3.8, 4) is 0 Å². The van der Waals surface area contributed by atoms with E-state index in [1.54, 1.807) is 38.4 Å². The zero-order valence-corrected chi connectivity index (χ0v) is 13.9. The number of carbonyl (C=O) groups is 2. The van der Waals surface area contributed by atoms with Crippen molar-refractivity contribution in [1.29, 1.82) is 0 Å². The van der Waals surface area contributed by atoms with E-state index in [-0.39, 0.29) is 5.91 Å². The highest BCUT2D eigenvalue weighted by atomic mass is 16.5. The van der Waals surface area contributed by atoms with Gasteiger partial charge in [0.05, 0.1) is 5.56 Å². The van der Waals surface area contributed by atoms with Gasteiger partial charge in [0.1, 0.15) is 0 Å². The first-order chi connectivity index (χ1) is 10.9. The molecule has 0 saturated heterocycles. The number of rotatable bonds is 4. The van der Waals surface area contributed by atoms with Gasteiger partial charge in [0.25, 0.3) is 5.91 Å². The van der Waals surface area contributed by atoms with Crippen LogP contribution in [0.3, 0.4) is 0 Å². The molecule has 1 unspecified atom stereocenters. The van der Waals surface area contributed by atoms with Crippen molar-refractivity contribution in [2.24, 2.45) is 0 Å². The van der Waals surface area contributed by atoms with Crippen LogP contribution >= 0.6 is 0 Å². The average molecular weight is 311 g/mol. The van der Waals surface area contributed by atoms with E-state index in [0.717, 1.165) is 11.1 Å². The molecule has 4 heteroatoms. The SMILES string of the molecule is Cc1cc(C)cc(C(=O)OC(C(=O)N(C)C)c2ccccc2)c1. The zero-order chi connectivity index (χ0) is 17.0. The number of benzene rings is 2. The molecule has 0 saturated carbocycles. The lowest BCUT2D eigenvalue weighted by Crippen LogP contribution is -2.31. The number of aryl methyl sites for hydroxylation is 2. The van der Waals surface area contributed by atoms with Crippen molar-refractivity contribution >= 4 is 11.9 Å². The molecule has 0 aromatic heterocycles. The monoisotopic (exact) mass is 311 g/mol. The molecule has 1 atom stereocenters. The summed E-state index contributed by atoms with van der Waals surface area (Å²) >= 11 is 0. The van der Waals surface area contributed by atoms with Gasteiger partial charge < -0.3 is 9.64 Å². The molecule has 0 fully saturated rings. The van der Waals surface area contributed by atoms with Crippen LogP contribution in [0, 0.1) is 13.8 Å². The summed E-state index contributed by atoms with van der Waals surface area (Å²) in [5, 5.41) is 0. The molecule has 0 spiro atoms. The van der Waals surface area contributed by atoms with Gasteiger partial charge in [-0.05, 0) is 26.0 Å². The van der Waals surface area contributed by atoms with Crippen molar-refractivity contribution < 1.29 is 14.3 Å². The molecule has 0 aliphatic carbocycles. The molecule has 0 bridgehead atoms. The molecule has 1 amide bonds. The fraction of sp³-hybridized carbons (Fsp3) is 0.263. The highest BCUT2D eigenvalue weighted by Gasteiger charge is 2.27. The minimum atomic E-state index is -0.945. The lowest BCUT2D eigenvalue weighted by molar-refractivity contribution is -0.138. The van der Waals surface area contributed by atoms with Crippen molar-refractivity contribution in [2.45, 2.75) is 20.0 Å². The Kier molecular flexibility index (Phi) is 5.16. The first kappa shape index (κ1) is 16.7. The van der Waals surface area contributed by atoms with Crippen molar-refractivity contribution in [1.82, 2.24) is 4.90 Å². The van der Waals surface area contributed by atoms with Crippen molar-refractivity contribution in [3.05, 3.63) is 70.8 Å². The van der Waals surface area contributed by atoms with E-state index in [4.69, 9.17) is 4.74 Å². The molecule has 0 aliphatic heterocycles. The van der Waals surface area contributed by atoms with Crippen LogP contribution in [0.4, 0.5) is 0 Å². The Morgan fingerprint density at radius 1 is 0.957 bits per heavy atom. The molecule has 4 nitrogen and oxygen atoms in total. The summed E-state index contributed by atoms with van der Waals surface area (Å²) in [7, 11) is 3.28. The van der Waals surface area contributed by atoms with Gasteiger partial charge in [-0.25, -0.2) is 4.79 Å². The van der Waals surface area contributed by atoms with Crippen LogP contribution in [-0.2, 0) is 9.53 Å². The maximum Gasteiger partial charge on any atom is 0.339 e. The first-order valence-corrected chi connectivity index (χ1v) is 7.44. The van der Waals surface area contributed by atoms with Gasteiger partial charge >= 0.3 is 5.97 Å². The number of carbonyl (C=O) groups excluding carboxylic acids is 2. The van der Waals surface area contributed by atoms with Gasteiger partial charge in [0.2, 0.25) is 6.10 Å². The van der Waals surface area contributed by atoms with Gasteiger partial charge in [-0.15, -0.1) is 0 Å². The molecular weight excluding hydrogens is 290 g/mol. The minimum absolute atomic E-state index is 0.270. The van der Waals surface area contributed by atoms with Crippen LogP contribution in [0.5, 0.6) is 0 Å². The fourth-order valence-electron chi connectivity index (χ4n) is 2.39. The van der Waals surface area contributed by atoms with Gasteiger partial charge in [-0.2, -0.15) is 0 Å². The quantitative estimate of drug-likeness (QED) is 0.814. The van der Waals surface area contributed by atoms with Crippen LogP contribution in [0.2, 0.25) is 0 Å². The van der Waals surface area contributed by atoms with E-state index in [1.165, 1.54) is 4.90 Å². The molecule has 23 heavy (non-hydrogen) atoms. The summed E-state index contributed by atoms with van der Waals surface area (Å²) in [6.07, 6.45) is -0.945. The maximum atomic E-state index is 12.5. The van der Waals surface area contributed by atoms with Crippen molar-refractivity contribution in [2.75, 3.05) is 14.1 Å². The van der Waals surface area contributed by atoms with Gasteiger partial charge in [0, 0.05) is 19.7 Å². The molecular formula is C19H21NO3. The maximum absolute atomic E-state index is 12.5. The molecule has 120 valence electrons. The number of amides is 1. The molecule has 0 heterocycles. The van der Waals surface area contributed by atoms with Crippen LogP contribution in [-0.4, -0.2) is 30.9 Å². The van der Waals surface area contributed by atoms with E-state index in [9.17, 15) is 9.59 Å². The summed E-state index contributed by atoms with van der Waals surface area (Å²) in [5.41, 5.74) is 3.07. The largest absolute Gasteiger partial charge is 0.444 e. The number of hydrogen-bond acceptors (Lipinski definition) is 3. The summed E-state index contributed by atoms with van der Waals surface area (Å²) in [6.45, 7) is 3.84. The Morgan fingerprint density at radius 3 is 2.04 bits per heavy atom. The molecule has 0 aliphatic rings. The molecule has 0 radical (unpaired) electrons. The highest BCUT2D eigenvalue weighted by molar-refractivity contribution is 5.93. The third kappa shape index (κ3) is 4.19. The van der Waals surface area contributed by atoms with Crippen LogP contribution in [0.25, 0.3) is 0 Å². The highest BCUT2D eigenvalue weighted by Crippen LogP contribution is 2.22. The third-order valence-electron chi connectivity index (χ3n) is 3.45. The smallest absolute Gasteiger partial charge is 0.339 e. The average Bonchev–Trinajstić information content (AvgIpc) is 2.51. The van der Waals surface area contributed by atoms with Gasteiger partial charge in [-0.3, -0.25) is 4.79 Å². The predicted molar refractivity (Wildman–Crippen MR) is 89.2 cm³/mol. The van der Waals surface area contributed by atoms with E-state index < -0.39 is 12.1 Å². The van der Waals surface area contributed by atoms with Crippen molar-refractivity contribution in [3.63, 3.8) is 0 Å². The Bertz CT molecular complexity index is 688. The second-order valence-electron chi connectivity index (χ2n) is 5.81. The molecule has 2 aromatic rings. The van der Waals surface area contributed by atoms with Crippen LogP contribution < -0.4 is 0 Å². The van der Waals surface area contributed by atoms with E-state index in [0.29, 0.717) is 11.1 Å². The summed E-state index contributed by atoms with van der Waals surface area (Å²) < 4.78 is 5.53. The summed E-state index contributed by atoms with van der Waals surface area (Å²) in [6, 6.07) is 14.5. The van der Waals surface area contributed by atoms with E-state index in [2.05, 4.69) is 0 Å². The minimum Gasteiger partial charge on any atom is -0.444 e. The molecule has 2 rings (SSSR count). The normalized spacial score (nSPS) is 11.7. The number of ether oxygens (including phenoxy) is 1. The number of hydrogen-bond donors (Lipinski definition) is 0. The standard InChI is InChI=1S/C19H21NO3/c1-13-10-14(2)12-16(11-13)19(22)23-17(18(21)20(3)4)15-8-6-5-7-9-15/h5-12,17H,1-4H3. The Balaban J connectivity index is 2.30. The summed E-state index contributed by atoms with van der Waals surface area (Å²) in [5.74, 6) is -0.769. The second-order valence-corrected chi connectivity index (χ2v) is 5.81. The Labute approximate surface area is 136 Å². The zero-order valence-electron chi connectivity index (χ0n) is 13.9.